The Morgan fingerprint density at radius 2 is 2.04 bits per heavy atom. The van der Waals surface area contributed by atoms with Crippen LogP contribution in [-0.2, 0) is 0 Å². The summed E-state index contributed by atoms with van der Waals surface area (Å²) in [7, 11) is 0. The van der Waals surface area contributed by atoms with Crippen LogP contribution in [0.2, 0.25) is 0 Å². The minimum absolute atomic E-state index is 0.0530. The van der Waals surface area contributed by atoms with Crippen molar-refractivity contribution in [1.29, 1.82) is 0 Å². The highest BCUT2D eigenvalue weighted by molar-refractivity contribution is 5.92. The number of hydrogen-bond acceptors (Lipinski definition) is 3. The van der Waals surface area contributed by atoms with Crippen LogP contribution in [0.5, 0.6) is 0 Å². The number of benzene rings is 1. The van der Waals surface area contributed by atoms with E-state index in [1.54, 1.807) is 4.90 Å². The van der Waals surface area contributed by atoms with E-state index in [9.17, 15) is 14.3 Å². The molecule has 1 amide bonds. The molecule has 1 fully saturated rings. The molecular weight excluding hydrogens is 295 g/mol. The number of nitrogens with zero attached hydrogens (tertiary/aromatic N) is 2. The summed E-state index contributed by atoms with van der Waals surface area (Å²) in [5, 5.41) is 10.4. The molecule has 2 atom stereocenters. The molecule has 0 radical (unpaired) electrons. The summed E-state index contributed by atoms with van der Waals surface area (Å²) in [5.41, 5.74) is 0.960. The maximum atomic E-state index is 13.2. The molecule has 5 heteroatoms. The van der Waals surface area contributed by atoms with Crippen LogP contribution in [0.1, 0.15) is 41.4 Å². The van der Waals surface area contributed by atoms with E-state index in [1.165, 1.54) is 18.2 Å². The molecule has 2 heterocycles. The van der Waals surface area contributed by atoms with E-state index >= 15 is 0 Å². The van der Waals surface area contributed by atoms with Crippen LogP contribution in [0.4, 0.5) is 4.39 Å². The molecule has 1 saturated heterocycles. The smallest absolute Gasteiger partial charge is 0.272 e. The van der Waals surface area contributed by atoms with Gasteiger partial charge < -0.3 is 10.0 Å². The molecule has 2 unspecified atom stereocenters. The quantitative estimate of drug-likeness (QED) is 0.883. The Hall–Kier alpha value is -2.27. The summed E-state index contributed by atoms with van der Waals surface area (Å²) in [5.74, 6) is -0.928. The predicted molar refractivity (Wildman–Crippen MR) is 84.3 cm³/mol. The van der Waals surface area contributed by atoms with E-state index in [1.807, 2.05) is 30.3 Å². The number of hydrogen-bond donors (Lipinski definition) is 1. The predicted octanol–water partition coefficient (Wildman–Crippen LogP) is 2.95. The fourth-order valence-corrected chi connectivity index (χ4v) is 3.09. The van der Waals surface area contributed by atoms with E-state index in [0.29, 0.717) is 13.0 Å². The fourth-order valence-electron chi connectivity index (χ4n) is 3.09. The van der Waals surface area contributed by atoms with E-state index in [0.717, 1.165) is 18.4 Å². The number of likely N-dealkylation sites (tertiary alicyclic amines) is 1. The molecular formula is C18H19FN2O2. The molecule has 1 aromatic heterocycles. The lowest BCUT2D eigenvalue weighted by Gasteiger charge is -2.26. The molecule has 0 aliphatic carbocycles. The largest absolute Gasteiger partial charge is 0.388 e. The zero-order chi connectivity index (χ0) is 16.2. The molecule has 120 valence electrons. The van der Waals surface area contributed by atoms with Crippen LogP contribution in [0, 0.1) is 5.95 Å². The first-order valence-electron chi connectivity index (χ1n) is 7.81. The van der Waals surface area contributed by atoms with Crippen LogP contribution in [0.3, 0.4) is 0 Å². The lowest BCUT2D eigenvalue weighted by molar-refractivity contribution is 0.0660. The zero-order valence-corrected chi connectivity index (χ0v) is 12.7. The van der Waals surface area contributed by atoms with Crippen molar-refractivity contribution in [3.63, 3.8) is 0 Å². The monoisotopic (exact) mass is 314 g/mol. The highest BCUT2D eigenvalue weighted by Gasteiger charge is 2.31. The van der Waals surface area contributed by atoms with Gasteiger partial charge in [-0.15, -0.1) is 0 Å². The van der Waals surface area contributed by atoms with Crippen molar-refractivity contribution in [2.75, 3.05) is 6.54 Å². The standard InChI is InChI=1S/C18H19FN2O2/c19-17-10-4-9-15(20-17)18(23)21-11-5-8-14(21)12-16(22)13-6-2-1-3-7-13/h1-4,6-7,9-10,14,16,22H,5,8,11-12H2. The molecule has 1 aliphatic heterocycles. The van der Waals surface area contributed by atoms with Crippen molar-refractivity contribution in [1.82, 2.24) is 9.88 Å². The Kier molecular flexibility index (Phi) is 4.67. The van der Waals surface area contributed by atoms with Crippen molar-refractivity contribution >= 4 is 5.91 Å². The van der Waals surface area contributed by atoms with Crippen molar-refractivity contribution in [2.45, 2.75) is 31.4 Å². The SMILES string of the molecule is O=C(c1cccc(F)n1)N1CCCC1CC(O)c1ccccc1. The van der Waals surface area contributed by atoms with Gasteiger partial charge in [0.1, 0.15) is 5.69 Å². The third kappa shape index (κ3) is 3.56. The number of halogens is 1. The van der Waals surface area contributed by atoms with Gasteiger partial charge in [0, 0.05) is 12.6 Å². The summed E-state index contributed by atoms with van der Waals surface area (Å²) in [6.07, 6.45) is 1.58. The molecule has 0 saturated carbocycles. The number of pyridine rings is 1. The summed E-state index contributed by atoms with van der Waals surface area (Å²) in [6, 6.07) is 13.6. The molecule has 0 spiro atoms. The van der Waals surface area contributed by atoms with Gasteiger partial charge in [0.25, 0.3) is 5.91 Å². The molecule has 4 nitrogen and oxygen atoms in total. The lowest BCUT2D eigenvalue weighted by atomic mass is 10.0. The van der Waals surface area contributed by atoms with Crippen LogP contribution in [0.15, 0.2) is 48.5 Å². The average Bonchev–Trinajstić information content (AvgIpc) is 3.03. The van der Waals surface area contributed by atoms with Gasteiger partial charge in [0.15, 0.2) is 0 Å². The van der Waals surface area contributed by atoms with Crippen LogP contribution < -0.4 is 0 Å². The summed E-state index contributed by atoms with van der Waals surface area (Å²) >= 11 is 0. The third-order valence-corrected chi connectivity index (χ3v) is 4.25. The molecule has 0 bridgehead atoms. The number of aliphatic hydroxyl groups is 1. The maximum Gasteiger partial charge on any atom is 0.272 e. The van der Waals surface area contributed by atoms with Gasteiger partial charge in [0.2, 0.25) is 5.95 Å². The summed E-state index contributed by atoms with van der Waals surface area (Å²) in [4.78, 5) is 17.9. The maximum absolute atomic E-state index is 13.2. The highest BCUT2D eigenvalue weighted by atomic mass is 19.1. The van der Waals surface area contributed by atoms with Crippen LogP contribution in [-0.4, -0.2) is 33.5 Å². The Morgan fingerprint density at radius 1 is 1.26 bits per heavy atom. The second kappa shape index (κ2) is 6.87. The second-order valence-corrected chi connectivity index (χ2v) is 5.80. The first-order valence-corrected chi connectivity index (χ1v) is 7.81. The van der Waals surface area contributed by atoms with Gasteiger partial charge in [0.05, 0.1) is 6.10 Å². The number of rotatable bonds is 4. The van der Waals surface area contributed by atoms with Crippen molar-refractivity contribution in [3.8, 4) is 0 Å². The minimum atomic E-state index is -0.657. The average molecular weight is 314 g/mol. The number of amides is 1. The first kappa shape index (κ1) is 15.6. The van der Waals surface area contributed by atoms with Crippen LogP contribution >= 0.6 is 0 Å². The number of carbonyl (C=O) groups excluding carboxylic acids is 1. The van der Waals surface area contributed by atoms with Gasteiger partial charge in [-0.25, -0.2) is 4.98 Å². The van der Waals surface area contributed by atoms with E-state index in [2.05, 4.69) is 4.98 Å². The third-order valence-electron chi connectivity index (χ3n) is 4.25. The zero-order valence-electron chi connectivity index (χ0n) is 12.7. The fraction of sp³-hybridized carbons (Fsp3) is 0.333. The highest BCUT2D eigenvalue weighted by Crippen LogP contribution is 2.28. The molecule has 3 rings (SSSR count). The molecule has 2 aromatic rings. The Bertz CT molecular complexity index is 678. The Balaban J connectivity index is 1.71. The number of carbonyl (C=O) groups is 1. The summed E-state index contributed by atoms with van der Waals surface area (Å²) < 4.78 is 13.2. The molecule has 23 heavy (non-hydrogen) atoms. The van der Waals surface area contributed by atoms with Crippen molar-refractivity contribution in [3.05, 3.63) is 65.7 Å². The molecule has 1 aromatic carbocycles. The number of aromatic nitrogens is 1. The summed E-state index contributed by atoms with van der Waals surface area (Å²) in [6.45, 7) is 0.614. The Morgan fingerprint density at radius 3 is 2.78 bits per heavy atom. The van der Waals surface area contributed by atoms with Crippen molar-refractivity contribution in [2.24, 2.45) is 0 Å². The van der Waals surface area contributed by atoms with E-state index < -0.39 is 12.1 Å². The van der Waals surface area contributed by atoms with E-state index in [-0.39, 0.29) is 17.6 Å². The normalized spacial score (nSPS) is 18.9. The van der Waals surface area contributed by atoms with Crippen molar-refractivity contribution < 1.29 is 14.3 Å². The second-order valence-electron chi connectivity index (χ2n) is 5.80. The van der Waals surface area contributed by atoms with Crippen LogP contribution in [0.25, 0.3) is 0 Å². The number of aliphatic hydroxyl groups excluding tert-OH is 1. The minimum Gasteiger partial charge on any atom is -0.388 e. The Labute approximate surface area is 134 Å². The lowest BCUT2D eigenvalue weighted by Crippen LogP contribution is -2.37. The molecule has 1 aliphatic rings. The van der Waals surface area contributed by atoms with Gasteiger partial charge >= 0.3 is 0 Å². The van der Waals surface area contributed by atoms with Gasteiger partial charge in [-0.3, -0.25) is 4.79 Å². The molecule has 1 N–H and O–H groups in total. The van der Waals surface area contributed by atoms with Gasteiger partial charge in [-0.2, -0.15) is 4.39 Å². The van der Waals surface area contributed by atoms with E-state index in [4.69, 9.17) is 0 Å². The van der Waals surface area contributed by atoms with Gasteiger partial charge in [-0.1, -0.05) is 36.4 Å². The topological polar surface area (TPSA) is 53.4 Å². The van der Waals surface area contributed by atoms with Gasteiger partial charge in [-0.05, 0) is 37.0 Å². The first-order chi connectivity index (χ1) is 11.1.